The van der Waals surface area contributed by atoms with Gasteiger partial charge in [0.15, 0.2) is 0 Å². The van der Waals surface area contributed by atoms with E-state index in [1.165, 1.54) is 33.4 Å². The molecule has 2 atom stereocenters. The first-order chi connectivity index (χ1) is 12.1. The Morgan fingerprint density at radius 1 is 0.600 bits per heavy atom. The molecule has 2 heteroatoms. The molecule has 6 rings (SSSR count). The van der Waals surface area contributed by atoms with Crippen molar-refractivity contribution in [3.05, 3.63) is 94.0 Å². The van der Waals surface area contributed by atoms with E-state index in [-0.39, 0.29) is 5.41 Å². The zero-order valence-corrected chi connectivity index (χ0v) is 14.2. The van der Waals surface area contributed by atoms with Gasteiger partial charge < -0.3 is 11.5 Å². The summed E-state index contributed by atoms with van der Waals surface area (Å²) in [4.78, 5) is 0. The van der Waals surface area contributed by atoms with Crippen molar-refractivity contribution in [1.29, 1.82) is 0 Å². The second-order valence-corrected chi connectivity index (χ2v) is 8.07. The first-order valence-electron chi connectivity index (χ1n) is 8.98. The summed E-state index contributed by atoms with van der Waals surface area (Å²) in [6.45, 7) is 2.47. The molecule has 2 nitrogen and oxygen atoms in total. The summed E-state index contributed by atoms with van der Waals surface area (Å²) in [6, 6.07) is 22.0. The minimum Gasteiger partial charge on any atom is -0.399 e. The van der Waals surface area contributed by atoms with Crippen molar-refractivity contribution in [2.75, 3.05) is 11.5 Å². The molecule has 4 N–H and O–H groups in total. The van der Waals surface area contributed by atoms with Gasteiger partial charge in [-0.1, -0.05) is 43.3 Å². The zero-order chi connectivity index (χ0) is 16.9. The Bertz CT molecular complexity index is 985. The van der Waals surface area contributed by atoms with Crippen LogP contribution >= 0.6 is 0 Å². The van der Waals surface area contributed by atoms with Crippen LogP contribution in [0.2, 0.25) is 0 Å². The summed E-state index contributed by atoms with van der Waals surface area (Å²) in [7, 11) is 0. The molecule has 3 aliphatic rings. The summed E-state index contributed by atoms with van der Waals surface area (Å²) < 4.78 is 0. The number of nitrogen functional groups attached to an aromatic ring is 2. The van der Waals surface area contributed by atoms with Gasteiger partial charge in [0, 0.05) is 34.5 Å². The average molecular weight is 324 g/mol. The van der Waals surface area contributed by atoms with Crippen molar-refractivity contribution in [3.8, 4) is 0 Å². The third kappa shape index (κ3) is 1.36. The Labute approximate surface area is 147 Å². The van der Waals surface area contributed by atoms with Gasteiger partial charge in [0.1, 0.15) is 0 Å². The maximum Gasteiger partial charge on any atom is 0.0317 e. The van der Waals surface area contributed by atoms with Gasteiger partial charge in [-0.2, -0.15) is 0 Å². The van der Waals surface area contributed by atoms with Crippen molar-refractivity contribution in [3.63, 3.8) is 0 Å². The van der Waals surface area contributed by atoms with Crippen LogP contribution in [0.4, 0.5) is 11.4 Å². The lowest BCUT2D eigenvalue weighted by Gasteiger charge is -2.31. The number of hydrogen-bond donors (Lipinski definition) is 2. The molecule has 0 amide bonds. The van der Waals surface area contributed by atoms with Gasteiger partial charge in [0.05, 0.1) is 0 Å². The number of nitrogens with two attached hydrogens (primary N) is 2. The highest BCUT2D eigenvalue weighted by molar-refractivity contribution is 5.70. The molecule has 122 valence electrons. The molecule has 0 bridgehead atoms. The molecule has 0 saturated heterocycles. The van der Waals surface area contributed by atoms with Gasteiger partial charge in [-0.15, -0.1) is 0 Å². The van der Waals surface area contributed by atoms with Crippen molar-refractivity contribution >= 4 is 11.4 Å². The average Bonchev–Trinajstić information content (AvgIpc) is 3.10. The fourth-order valence-corrected chi connectivity index (χ4v) is 6.26. The highest BCUT2D eigenvalue weighted by atomic mass is 14.7. The summed E-state index contributed by atoms with van der Waals surface area (Å²) in [6.07, 6.45) is 0. The van der Waals surface area contributed by atoms with E-state index in [4.69, 9.17) is 11.5 Å². The van der Waals surface area contributed by atoms with Gasteiger partial charge in [-0.3, -0.25) is 0 Å². The Kier molecular flexibility index (Phi) is 2.21. The highest BCUT2D eigenvalue weighted by Crippen LogP contribution is 2.75. The van der Waals surface area contributed by atoms with Gasteiger partial charge >= 0.3 is 0 Å². The van der Waals surface area contributed by atoms with Crippen LogP contribution in [-0.4, -0.2) is 0 Å². The number of anilines is 2. The lowest BCUT2D eigenvalue weighted by atomic mass is 9.70. The maximum atomic E-state index is 6.17. The van der Waals surface area contributed by atoms with Crippen LogP contribution < -0.4 is 11.5 Å². The van der Waals surface area contributed by atoms with E-state index >= 15 is 0 Å². The summed E-state index contributed by atoms with van der Waals surface area (Å²) >= 11 is 0. The van der Waals surface area contributed by atoms with E-state index in [9.17, 15) is 0 Å². The smallest absolute Gasteiger partial charge is 0.0317 e. The second-order valence-electron chi connectivity index (χ2n) is 8.07. The van der Waals surface area contributed by atoms with Crippen LogP contribution in [-0.2, 0) is 0 Å². The fourth-order valence-electron chi connectivity index (χ4n) is 6.26. The normalized spacial score (nSPS) is 29.9. The number of rotatable bonds is 0. The molecule has 0 fully saturated rings. The van der Waals surface area contributed by atoms with E-state index in [2.05, 4.69) is 67.6 Å². The minimum atomic E-state index is 0.135. The molecule has 0 heterocycles. The first-order valence-corrected chi connectivity index (χ1v) is 8.98. The zero-order valence-electron chi connectivity index (χ0n) is 14.2. The van der Waals surface area contributed by atoms with Crippen LogP contribution in [0.3, 0.4) is 0 Å². The number of hydrogen-bond acceptors (Lipinski definition) is 2. The first kappa shape index (κ1) is 13.5. The topological polar surface area (TPSA) is 52.0 Å². The van der Waals surface area contributed by atoms with Gasteiger partial charge in [-0.25, -0.2) is 0 Å². The molecular weight excluding hydrogens is 304 g/mol. The van der Waals surface area contributed by atoms with Crippen molar-refractivity contribution in [2.24, 2.45) is 5.41 Å². The quantitative estimate of drug-likeness (QED) is 0.594. The van der Waals surface area contributed by atoms with E-state index in [1.54, 1.807) is 0 Å². The number of benzene rings is 3. The molecule has 0 saturated carbocycles. The van der Waals surface area contributed by atoms with Crippen LogP contribution in [0.15, 0.2) is 60.7 Å². The standard InChI is InChI=1S/C23H20N2/c1-23-20-14-4-2-3-5-15(14)21(23)17-9-7-13(25)11-19(17)22(23)18-10-12(24)6-8-16(18)20/h2-11,20-22H,24-25H2,1H3. The predicted octanol–water partition coefficient (Wildman–Crippen LogP) is 4.59. The summed E-state index contributed by atoms with van der Waals surface area (Å²) in [5.74, 6) is 1.23. The molecular formula is C23H20N2. The Balaban J connectivity index is 1.78. The number of fused-ring (bicyclic) bond motifs is 9. The molecule has 0 aliphatic heterocycles. The van der Waals surface area contributed by atoms with Crippen molar-refractivity contribution < 1.29 is 0 Å². The van der Waals surface area contributed by atoms with Gasteiger partial charge in [0.2, 0.25) is 0 Å². The molecule has 0 aromatic heterocycles. The third-order valence-electron chi connectivity index (χ3n) is 6.95. The third-order valence-corrected chi connectivity index (χ3v) is 6.95. The van der Waals surface area contributed by atoms with Crippen LogP contribution in [0.5, 0.6) is 0 Å². The Morgan fingerprint density at radius 3 is 1.48 bits per heavy atom. The molecule has 3 aromatic rings. The van der Waals surface area contributed by atoms with E-state index in [1.807, 2.05) is 0 Å². The van der Waals surface area contributed by atoms with Crippen LogP contribution in [0.25, 0.3) is 0 Å². The predicted molar refractivity (Wildman–Crippen MR) is 102 cm³/mol. The highest BCUT2D eigenvalue weighted by Gasteiger charge is 2.64. The molecule has 3 aromatic carbocycles. The van der Waals surface area contributed by atoms with Gasteiger partial charge in [0.25, 0.3) is 0 Å². The molecule has 25 heavy (non-hydrogen) atoms. The SMILES string of the molecule is CC12C3c4ccccc4C1c1ccc(N)cc1C2c1cc(N)ccc13. The Morgan fingerprint density at radius 2 is 1.00 bits per heavy atom. The van der Waals surface area contributed by atoms with E-state index < -0.39 is 0 Å². The van der Waals surface area contributed by atoms with Crippen molar-refractivity contribution in [2.45, 2.75) is 24.7 Å². The lowest BCUT2D eigenvalue weighted by molar-refractivity contribution is 0.288. The second kappa shape index (κ2) is 4.08. The maximum absolute atomic E-state index is 6.17. The monoisotopic (exact) mass is 324 g/mol. The van der Waals surface area contributed by atoms with E-state index in [0.717, 1.165) is 11.4 Å². The fraction of sp³-hybridized carbons (Fsp3) is 0.217. The van der Waals surface area contributed by atoms with Crippen LogP contribution in [0.1, 0.15) is 58.1 Å². The van der Waals surface area contributed by atoms with Crippen molar-refractivity contribution in [1.82, 2.24) is 0 Å². The Hall–Kier alpha value is -2.74. The minimum absolute atomic E-state index is 0.135. The summed E-state index contributed by atoms with van der Waals surface area (Å²) in [5, 5.41) is 0. The van der Waals surface area contributed by atoms with Gasteiger partial charge in [-0.05, 0) is 57.6 Å². The molecule has 0 spiro atoms. The molecule has 0 radical (unpaired) electrons. The molecule has 2 unspecified atom stereocenters. The lowest BCUT2D eigenvalue weighted by Crippen LogP contribution is -2.23. The molecule has 3 aliphatic carbocycles. The van der Waals surface area contributed by atoms with Crippen LogP contribution in [0, 0.1) is 5.41 Å². The van der Waals surface area contributed by atoms with E-state index in [0.29, 0.717) is 17.8 Å². The largest absolute Gasteiger partial charge is 0.399 e. The summed E-state index contributed by atoms with van der Waals surface area (Å²) in [5.41, 5.74) is 22.9.